The normalized spacial score (nSPS) is 12.5. The van der Waals surface area contributed by atoms with Gasteiger partial charge in [-0.2, -0.15) is 0 Å². The third-order valence-electron chi connectivity index (χ3n) is 7.48. The monoisotopic (exact) mass is 529 g/mol. The Bertz CT molecular complexity index is 1590. The molecule has 1 aliphatic rings. The van der Waals surface area contributed by atoms with E-state index in [1.54, 1.807) is 24.3 Å². The predicted octanol–water partition coefficient (Wildman–Crippen LogP) is 7.61. The first-order valence-electron chi connectivity index (χ1n) is 14.2. The highest BCUT2D eigenvalue weighted by molar-refractivity contribution is 6.21. The van der Waals surface area contributed by atoms with Crippen LogP contribution in [0.25, 0.3) is 21.5 Å². The summed E-state index contributed by atoms with van der Waals surface area (Å²) in [5, 5.41) is 13.8. The molecule has 0 atom stereocenters. The minimum absolute atomic E-state index is 0.161. The molecule has 0 bridgehead atoms. The van der Waals surface area contributed by atoms with E-state index in [1.807, 2.05) is 12.1 Å². The molecule has 1 N–H and O–H groups in total. The highest BCUT2D eigenvalue weighted by atomic mass is 16.3. The molecule has 0 saturated heterocycles. The molecule has 5 aromatic rings. The number of carbonyl (C=O) groups is 2. The van der Waals surface area contributed by atoms with Crippen LogP contribution >= 0.6 is 0 Å². The molecule has 2 amide bonds. The molecule has 5 aromatic carbocycles. The topological polar surface area (TPSA) is 57.6 Å². The maximum Gasteiger partial charge on any atom is 0.261 e. The molecule has 0 radical (unpaired) electrons. The number of fused-ring (bicyclic) bond motifs is 3. The fraction of sp³-hybridized carbons (Fsp3) is 0.222. The predicted molar refractivity (Wildman–Crippen MR) is 163 cm³/mol. The van der Waals surface area contributed by atoms with Crippen LogP contribution in [0.5, 0.6) is 0 Å². The number of aliphatic hydroxyl groups excluding tert-OH is 1. The summed E-state index contributed by atoms with van der Waals surface area (Å²) in [4.78, 5) is 26.0. The molecule has 0 aromatic heterocycles. The Morgan fingerprint density at radius 1 is 0.500 bits per heavy atom. The molecule has 0 saturated carbocycles. The van der Waals surface area contributed by atoms with E-state index in [1.165, 1.54) is 37.6 Å². The van der Waals surface area contributed by atoms with Crippen LogP contribution in [-0.4, -0.2) is 35.0 Å². The van der Waals surface area contributed by atoms with Gasteiger partial charge in [0.05, 0.1) is 11.1 Å². The lowest BCUT2D eigenvalue weighted by molar-refractivity contribution is 0.0652. The lowest BCUT2D eigenvalue weighted by Crippen LogP contribution is -2.30. The Kier molecular flexibility index (Phi) is 9.00. The number of aryl methyl sites for hydroxylation is 2. The second-order valence-corrected chi connectivity index (χ2v) is 10.3. The van der Waals surface area contributed by atoms with Gasteiger partial charge < -0.3 is 5.11 Å². The number of amides is 2. The smallest absolute Gasteiger partial charge is 0.261 e. The van der Waals surface area contributed by atoms with Gasteiger partial charge in [-0.3, -0.25) is 14.5 Å². The largest absolute Gasteiger partial charge is 0.396 e. The molecule has 1 aliphatic heterocycles. The van der Waals surface area contributed by atoms with E-state index in [4.69, 9.17) is 5.11 Å². The lowest BCUT2D eigenvalue weighted by atomic mass is 10.0. The minimum atomic E-state index is -0.161. The Balaban J connectivity index is 0.000000184. The fourth-order valence-electron chi connectivity index (χ4n) is 5.27. The van der Waals surface area contributed by atoms with Gasteiger partial charge in [0.15, 0.2) is 0 Å². The zero-order valence-electron chi connectivity index (χ0n) is 22.8. The van der Waals surface area contributed by atoms with Crippen LogP contribution in [0.1, 0.15) is 57.5 Å². The maximum atomic E-state index is 12.3. The first-order chi connectivity index (χ1) is 19.6. The summed E-state index contributed by atoms with van der Waals surface area (Å²) in [5.74, 6) is -0.322. The first kappa shape index (κ1) is 27.3. The number of hydrogen-bond acceptors (Lipinski definition) is 3. The van der Waals surface area contributed by atoms with Gasteiger partial charge in [-0.25, -0.2) is 0 Å². The molecule has 6 rings (SSSR count). The van der Waals surface area contributed by atoms with Gasteiger partial charge in [0.2, 0.25) is 0 Å². The van der Waals surface area contributed by atoms with Crippen molar-refractivity contribution in [1.29, 1.82) is 0 Å². The molecule has 0 aliphatic carbocycles. The highest BCUT2D eigenvalue weighted by Crippen LogP contribution is 2.23. The summed E-state index contributed by atoms with van der Waals surface area (Å²) in [6.45, 7) is 0.785. The standard InChI is InChI=1S/C22H19NO2.C14H16O/c24-21-19-10-3-4-11-20(19)22(25)23(21)14-6-5-7-16-12-13-17-8-1-2-9-18(17)15-16;15-10-4-3-5-12-8-9-13-6-1-2-7-14(13)11-12/h1-4,8-13,15H,5-7,14H2;1-2,6-9,11,15H,3-5,10H2. The number of hydrogen-bond donors (Lipinski definition) is 1. The van der Waals surface area contributed by atoms with Crippen molar-refractivity contribution in [3.63, 3.8) is 0 Å². The van der Waals surface area contributed by atoms with Crippen LogP contribution in [0.15, 0.2) is 109 Å². The number of unbranched alkanes of at least 4 members (excludes halogenated alkanes) is 2. The second kappa shape index (κ2) is 13.2. The van der Waals surface area contributed by atoms with E-state index < -0.39 is 0 Å². The van der Waals surface area contributed by atoms with E-state index in [0.717, 1.165) is 38.5 Å². The number of rotatable bonds is 9. The van der Waals surface area contributed by atoms with Crippen LogP contribution in [0.3, 0.4) is 0 Å². The van der Waals surface area contributed by atoms with E-state index in [0.29, 0.717) is 24.3 Å². The van der Waals surface area contributed by atoms with Gasteiger partial charge in [0.25, 0.3) is 11.8 Å². The SMILES string of the molecule is O=C1c2ccccc2C(=O)N1CCCCc1ccc2ccccc2c1.OCCCCc1ccc2ccccc2c1. The zero-order chi connectivity index (χ0) is 27.7. The highest BCUT2D eigenvalue weighted by Gasteiger charge is 2.34. The molecule has 0 spiro atoms. The first-order valence-corrected chi connectivity index (χ1v) is 14.2. The zero-order valence-corrected chi connectivity index (χ0v) is 22.8. The minimum Gasteiger partial charge on any atom is -0.396 e. The Labute approximate surface area is 235 Å². The molecule has 0 fully saturated rings. The van der Waals surface area contributed by atoms with Crippen LogP contribution < -0.4 is 0 Å². The summed E-state index contributed by atoms with van der Waals surface area (Å²) in [5.41, 5.74) is 3.72. The Morgan fingerprint density at radius 3 is 1.45 bits per heavy atom. The summed E-state index contributed by atoms with van der Waals surface area (Å²) >= 11 is 0. The van der Waals surface area contributed by atoms with E-state index in [9.17, 15) is 9.59 Å². The van der Waals surface area contributed by atoms with E-state index in [-0.39, 0.29) is 11.8 Å². The summed E-state index contributed by atoms with van der Waals surface area (Å²) < 4.78 is 0. The van der Waals surface area contributed by atoms with Gasteiger partial charge in [-0.05, 0) is 83.3 Å². The number of aliphatic hydroxyl groups is 1. The number of benzene rings is 5. The van der Waals surface area contributed by atoms with Crippen molar-refractivity contribution >= 4 is 33.4 Å². The van der Waals surface area contributed by atoms with E-state index >= 15 is 0 Å². The average Bonchev–Trinajstić information content (AvgIpc) is 3.24. The Morgan fingerprint density at radius 2 is 0.950 bits per heavy atom. The van der Waals surface area contributed by atoms with Crippen LogP contribution in [0.4, 0.5) is 0 Å². The van der Waals surface area contributed by atoms with Gasteiger partial charge in [-0.1, -0.05) is 97.1 Å². The molecule has 1 heterocycles. The number of imide groups is 1. The molecular formula is C36H35NO3. The van der Waals surface area contributed by atoms with Gasteiger partial charge in [-0.15, -0.1) is 0 Å². The molecule has 40 heavy (non-hydrogen) atoms. The van der Waals surface area contributed by atoms with Crippen molar-refractivity contribution in [2.75, 3.05) is 13.2 Å². The average molecular weight is 530 g/mol. The van der Waals surface area contributed by atoms with Crippen molar-refractivity contribution in [3.8, 4) is 0 Å². The Hall–Kier alpha value is -4.28. The van der Waals surface area contributed by atoms with Gasteiger partial charge in [0.1, 0.15) is 0 Å². The third kappa shape index (κ3) is 6.47. The lowest BCUT2D eigenvalue weighted by Gasteiger charge is -2.13. The van der Waals surface area contributed by atoms with Crippen molar-refractivity contribution in [2.24, 2.45) is 0 Å². The molecule has 4 nitrogen and oxygen atoms in total. The second-order valence-electron chi connectivity index (χ2n) is 10.3. The summed E-state index contributed by atoms with van der Waals surface area (Å²) in [6.07, 6.45) is 5.74. The van der Waals surface area contributed by atoms with Crippen LogP contribution in [0.2, 0.25) is 0 Å². The van der Waals surface area contributed by atoms with Crippen molar-refractivity contribution in [1.82, 2.24) is 4.90 Å². The maximum absolute atomic E-state index is 12.3. The van der Waals surface area contributed by atoms with E-state index in [2.05, 4.69) is 72.8 Å². The van der Waals surface area contributed by atoms with Crippen LogP contribution in [0, 0.1) is 0 Å². The number of nitrogens with zero attached hydrogens (tertiary/aromatic N) is 1. The molecule has 4 heteroatoms. The quantitative estimate of drug-likeness (QED) is 0.158. The van der Waals surface area contributed by atoms with Crippen molar-refractivity contribution in [3.05, 3.63) is 131 Å². The molecule has 0 unspecified atom stereocenters. The molecular weight excluding hydrogens is 494 g/mol. The molecule has 202 valence electrons. The van der Waals surface area contributed by atoms with Gasteiger partial charge in [0, 0.05) is 13.2 Å². The van der Waals surface area contributed by atoms with Gasteiger partial charge >= 0.3 is 0 Å². The fourth-order valence-corrected chi connectivity index (χ4v) is 5.27. The third-order valence-corrected chi connectivity index (χ3v) is 7.48. The van der Waals surface area contributed by atoms with Crippen molar-refractivity contribution < 1.29 is 14.7 Å². The number of carbonyl (C=O) groups excluding carboxylic acids is 2. The summed E-state index contributed by atoms with van der Waals surface area (Å²) in [7, 11) is 0. The van der Waals surface area contributed by atoms with Crippen molar-refractivity contribution in [2.45, 2.75) is 38.5 Å². The van der Waals surface area contributed by atoms with Crippen LogP contribution in [-0.2, 0) is 12.8 Å². The summed E-state index contributed by atoms with van der Waals surface area (Å²) in [6, 6.07) is 36.9.